The number of benzene rings is 3. The zero-order valence-corrected chi connectivity index (χ0v) is 26.6. The summed E-state index contributed by atoms with van der Waals surface area (Å²) in [5.41, 5.74) is 5.01. The summed E-state index contributed by atoms with van der Waals surface area (Å²) < 4.78 is 20.6. The number of likely N-dealkylation sites (tertiary alicyclic amines) is 1. The van der Waals surface area contributed by atoms with Crippen molar-refractivity contribution in [1.82, 2.24) is 19.8 Å². The fourth-order valence-electron chi connectivity index (χ4n) is 5.96. The van der Waals surface area contributed by atoms with Gasteiger partial charge in [-0.05, 0) is 117 Å². The van der Waals surface area contributed by atoms with E-state index >= 15 is 0 Å². The molecule has 0 saturated carbocycles. The van der Waals surface area contributed by atoms with E-state index in [0.29, 0.717) is 11.6 Å². The van der Waals surface area contributed by atoms with Crippen molar-refractivity contribution >= 4 is 39.3 Å². The van der Waals surface area contributed by atoms with Crippen LogP contribution in [-0.4, -0.2) is 53.6 Å². The van der Waals surface area contributed by atoms with Crippen molar-refractivity contribution in [3.63, 3.8) is 0 Å². The molecule has 6 nitrogen and oxygen atoms in total. The smallest absolute Gasteiger partial charge is 0.267 e. The van der Waals surface area contributed by atoms with Gasteiger partial charge in [-0.1, -0.05) is 38.3 Å². The number of unbranched alkanes of at least 4 members (excludes halogenated alkanes) is 2. The van der Waals surface area contributed by atoms with Gasteiger partial charge in [-0.25, -0.2) is 4.39 Å². The average Bonchev–Trinajstić information content (AvgIpc) is 3.65. The molecule has 6 rings (SSSR count). The van der Waals surface area contributed by atoms with Gasteiger partial charge in [0.25, 0.3) is 5.91 Å². The Labute approximate surface area is 264 Å². The maximum Gasteiger partial charge on any atom is 0.267 e. The van der Waals surface area contributed by atoms with Crippen LogP contribution < -0.4 is 10.1 Å². The molecule has 2 N–H and O–H groups in total. The van der Waals surface area contributed by atoms with Gasteiger partial charge in [0.15, 0.2) is 0 Å². The second kappa shape index (κ2) is 14.8. The van der Waals surface area contributed by atoms with E-state index in [0.717, 1.165) is 78.3 Å². The summed E-state index contributed by atoms with van der Waals surface area (Å²) in [4.78, 5) is 17.6. The number of rotatable bonds is 9. The highest BCUT2D eigenvalue weighted by molar-refractivity contribution is 6.31. The monoisotopic (exact) mass is 616 g/mol. The number of methoxy groups -OCH3 is 1. The van der Waals surface area contributed by atoms with Gasteiger partial charge in [0, 0.05) is 39.7 Å². The van der Waals surface area contributed by atoms with Crippen molar-refractivity contribution in [3.8, 4) is 11.4 Å². The predicted molar refractivity (Wildman–Crippen MR) is 179 cm³/mol. The molecule has 44 heavy (non-hydrogen) atoms. The number of hydrogen-bond donors (Lipinski definition) is 2. The van der Waals surface area contributed by atoms with Crippen LogP contribution in [-0.2, 0) is 0 Å². The predicted octanol–water partition coefficient (Wildman–Crippen LogP) is 8.72. The Hall–Kier alpha value is -3.81. The van der Waals surface area contributed by atoms with Crippen molar-refractivity contribution in [1.29, 1.82) is 0 Å². The lowest BCUT2D eigenvalue weighted by molar-refractivity contribution is 0.0949. The van der Waals surface area contributed by atoms with E-state index in [1.165, 1.54) is 35.9 Å². The molecule has 0 aliphatic carbocycles. The number of aromatic amines is 1. The number of hydrogen-bond acceptors (Lipinski definition) is 3. The van der Waals surface area contributed by atoms with E-state index in [1.807, 2.05) is 42.5 Å². The van der Waals surface area contributed by atoms with Crippen LogP contribution in [0.15, 0.2) is 72.9 Å². The van der Waals surface area contributed by atoms with Crippen molar-refractivity contribution in [3.05, 3.63) is 95.0 Å². The summed E-state index contributed by atoms with van der Waals surface area (Å²) in [5.74, 6) is 1.08. The van der Waals surface area contributed by atoms with Gasteiger partial charge in [-0.15, -0.1) is 0 Å². The lowest BCUT2D eigenvalue weighted by atomic mass is 9.89. The lowest BCUT2D eigenvalue weighted by Crippen LogP contribution is -2.32. The normalized spacial score (nSPS) is 14.0. The molecule has 2 aromatic heterocycles. The van der Waals surface area contributed by atoms with E-state index < -0.39 is 0 Å². The van der Waals surface area contributed by atoms with Gasteiger partial charge in [0.2, 0.25) is 0 Å². The molecule has 8 heteroatoms. The molecule has 0 bridgehead atoms. The number of carbonyl (C=O) groups is 1. The summed E-state index contributed by atoms with van der Waals surface area (Å²) in [6.45, 7) is 8.50. The van der Waals surface area contributed by atoms with Gasteiger partial charge < -0.3 is 24.5 Å². The Kier molecular flexibility index (Phi) is 10.6. The number of piperidine rings is 1. The molecule has 1 amide bonds. The number of amides is 1. The molecule has 0 radical (unpaired) electrons. The second-order valence-corrected chi connectivity index (χ2v) is 11.8. The molecule has 0 atom stereocenters. The van der Waals surface area contributed by atoms with Gasteiger partial charge >= 0.3 is 0 Å². The Morgan fingerprint density at radius 3 is 2.50 bits per heavy atom. The Morgan fingerprint density at radius 1 is 1.02 bits per heavy atom. The van der Waals surface area contributed by atoms with Crippen LogP contribution in [0, 0.1) is 5.82 Å². The lowest BCUT2D eigenvalue weighted by Gasteiger charge is -2.31. The van der Waals surface area contributed by atoms with Gasteiger partial charge in [-0.3, -0.25) is 4.79 Å². The minimum Gasteiger partial charge on any atom is -0.497 e. The van der Waals surface area contributed by atoms with Gasteiger partial charge in [0.1, 0.15) is 17.3 Å². The minimum atomic E-state index is -0.213. The van der Waals surface area contributed by atoms with Crippen molar-refractivity contribution < 1.29 is 13.9 Å². The highest BCUT2D eigenvalue weighted by Crippen LogP contribution is 2.37. The number of halogens is 2. The molecular formula is C36H42ClFN4O2. The highest BCUT2D eigenvalue weighted by Gasteiger charge is 2.23. The number of fused-ring (bicyclic) bond motifs is 2. The zero-order valence-electron chi connectivity index (χ0n) is 25.8. The molecule has 3 heterocycles. The summed E-state index contributed by atoms with van der Waals surface area (Å²) in [6.07, 6.45) is 7.88. The fourth-order valence-corrected chi connectivity index (χ4v) is 6.13. The van der Waals surface area contributed by atoms with Crippen LogP contribution in [0.1, 0.15) is 67.9 Å². The minimum absolute atomic E-state index is 0.0498. The summed E-state index contributed by atoms with van der Waals surface area (Å²) in [5, 5.41) is 5.88. The van der Waals surface area contributed by atoms with Gasteiger partial charge in [0.05, 0.1) is 12.6 Å². The summed E-state index contributed by atoms with van der Waals surface area (Å²) in [7, 11) is 1.63. The van der Waals surface area contributed by atoms with Crippen molar-refractivity contribution in [2.24, 2.45) is 0 Å². The molecule has 232 valence electrons. The highest BCUT2D eigenvalue weighted by atomic mass is 35.5. The number of carbonyl (C=O) groups excluding carboxylic acids is 1. The third-order valence-electron chi connectivity index (χ3n) is 8.52. The van der Waals surface area contributed by atoms with Crippen LogP contribution >= 0.6 is 11.6 Å². The second-order valence-electron chi connectivity index (χ2n) is 11.4. The third-order valence-corrected chi connectivity index (χ3v) is 8.75. The number of H-pyrrole nitrogens is 1. The van der Waals surface area contributed by atoms with Gasteiger partial charge in [-0.2, -0.15) is 0 Å². The molecule has 1 aliphatic heterocycles. The molecule has 5 aromatic rings. The first-order valence-corrected chi connectivity index (χ1v) is 16.0. The van der Waals surface area contributed by atoms with E-state index in [1.54, 1.807) is 7.11 Å². The summed E-state index contributed by atoms with van der Waals surface area (Å²) in [6, 6.07) is 20.3. The topological polar surface area (TPSA) is 62.3 Å². The van der Waals surface area contributed by atoms with Crippen LogP contribution in [0.25, 0.3) is 27.5 Å². The largest absolute Gasteiger partial charge is 0.497 e. The number of nitrogens with zero attached hydrogens (tertiary/aromatic N) is 2. The Morgan fingerprint density at radius 2 is 1.80 bits per heavy atom. The Bertz CT molecular complexity index is 1690. The molecule has 0 unspecified atom stereocenters. The van der Waals surface area contributed by atoms with Crippen molar-refractivity contribution in [2.45, 2.75) is 51.9 Å². The maximum atomic E-state index is 13.3. The van der Waals surface area contributed by atoms with Crippen molar-refractivity contribution in [2.75, 3.05) is 33.3 Å². The first kappa shape index (κ1) is 31.6. The van der Waals surface area contributed by atoms with E-state index in [4.69, 9.17) is 16.3 Å². The first-order chi connectivity index (χ1) is 21.4. The van der Waals surface area contributed by atoms with Crippen LogP contribution in [0.2, 0.25) is 5.02 Å². The molecule has 1 aliphatic rings. The average molecular weight is 617 g/mol. The first-order valence-electron chi connectivity index (χ1n) is 15.6. The Balaban J connectivity index is 0.000000182. The molecule has 1 saturated heterocycles. The molecular weight excluding hydrogens is 575 g/mol. The molecule has 0 spiro atoms. The fraction of sp³-hybridized carbons (Fsp3) is 0.361. The van der Waals surface area contributed by atoms with E-state index in [2.05, 4.69) is 51.9 Å². The maximum absolute atomic E-state index is 13.3. The molecule has 1 fully saturated rings. The van der Waals surface area contributed by atoms with Crippen LogP contribution in [0.5, 0.6) is 5.75 Å². The SMILES string of the molecule is CCCCCNC(=O)c1cc2cc(OC)ccc2[nH]1.CCN1CCC(c2cn(-c3ccc(F)cc3)c3ccc(Cl)cc23)CC1. The number of ether oxygens (including phenoxy) is 1. The van der Waals surface area contributed by atoms with Crippen LogP contribution in [0.4, 0.5) is 4.39 Å². The van der Waals surface area contributed by atoms with E-state index in [-0.39, 0.29) is 11.7 Å². The number of aromatic nitrogens is 2. The van der Waals surface area contributed by atoms with E-state index in [9.17, 15) is 9.18 Å². The quantitative estimate of drug-likeness (QED) is 0.163. The standard InChI is InChI=1S/C21H22ClFN2.C15H20N2O2/c1-2-24-11-9-15(10-12-24)20-14-25(18-6-4-17(23)5-7-18)21-8-3-16(22)13-19(20)21;1-3-4-5-8-16-15(18)14-10-11-9-12(19-2)6-7-13(11)17-14/h3-8,13-15H,2,9-12H2,1H3;6-7,9-10,17H,3-5,8H2,1-2H3,(H,16,18). The van der Waals surface area contributed by atoms with Crippen LogP contribution in [0.3, 0.4) is 0 Å². The molecule has 3 aromatic carbocycles. The zero-order chi connectivity index (χ0) is 31.1. The summed E-state index contributed by atoms with van der Waals surface area (Å²) >= 11 is 6.28. The number of nitrogens with one attached hydrogen (secondary N) is 2. The third kappa shape index (κ3) is 7.45.